The third kappa shape index (κ3) is 3.26. The molecule has 0 rings (SSSR count). The highest BCUT2D eigenvalue weighted by Crippen LogP contribution is 2.15. The summed E-state index contributed by atoms with van der Waals surface area (Å²) in [6.07, 6.45) is 3.41. The quantitative estimate of drug-likeness (QED) is 0.539. The molecule has 8 heavy (non-hydrogen) atoms. The van der Waals surface area contributed by atoms with E-state index < -0.39 is 8.46 Å². The lowest BCUT2D eigenvalue weighted by Gasteiger charge is -2.02. The van der Waals surface area contributed by atoms with Crippen molar-refractivity contribution in [3.8, 4) is 0 Å². The molecule has 0 aromatic rings. The van der Waals surface area contributed by atoms with E-state index in [2.05, 4.69) is 13.8 Å². The highest BCUT2D eigenvalue weighted by molar-refractivity contribution is 7.24. The second kappa shape index (κ2) is 5.37. The summed E-state index contributed by atoms with van der Waals surface area (Å²) < 4.78 is 10.3. The molecule has 0 aromatic heterocycles. The van der Waals surface area contributed by atoms with Crippen molar-refractivity contribution in [3.63, 3.8) is 0 Å². The monoisotopic (exact) mass is 134 g/mol. The largest absolute Gasteiger partial charge is 0.330 e. The summed E-state index contributed by atoms with van der Waals surface area (Å²) in [5.41, 5.74) is 0.528. The van der Waals surface area contributed by atoms with Gasteiger partial charge < -0.3 is 4.57 Å². The minimum atomic E-state index is -0.514. The predicted octanol–water partition coefficient (Wildman–Crippen LogP) is 2.32. The van der Waals surface area contributed by atoms with Crippen molar-refractivity contribution >= 4 is 8.46 Å². The van der Waals surface area contributed by atoms with E-state index >= 15 is 0 Å². The molecule has 0 aliphatic rings. The van der Waals surface area contributed by atoms with Gasteiger partial charge in [-0.15, -0.1) is 0 Å². The molecular formula is C6H15OP. The van der Waals surface area contributed by atoms with Crippen LogP contribution in [-0.4, -0.2) is 5.66 Å². The van der Waals surface area contributed by atoms with Crippen LogP contribution in [-0.2, 0) is 4.57 Å². The van der Waals surface area contributed by atoms with Crippen LogP contribution in [0.4, 0.5) is 0 Å². The van der Waals surface area contributed by atoms with Crippen LogP contribution in [0.3, 0.4) is 0 Å². The lowest BCUT2D eigenvalue weighted by Crippen LogP contribution is -1.93. The zero-order valence-corrected chi connectivity index (χ0v) is 6.84. The molecule has 50 valence electrons. The van der Waals surface area contributed by atoms with Crippen LogP contribution < -0.4 is 0 Å². The van der Waals surface area contributed by atoms with E-state index in [-0.39, 0.29) is 0 Å². The van der Waals surface area contributed by atoms with Gasteiger partial charge in [0.15, 0.2) is 0 Å². The van der Waals surface area contributed by atoms with Gasteiger partial charge in [0.05, 0.1) is 8.46 Å². The maximum atomic E-state index is 10.3. The zero-order valence-electron chi connectivity index (χ0n) is 5.68. The van der Waals surface area contributed by atoms with Crippen LogP contribution in [0.1, 0.15) is 33.1 Å². The second-order valence-electron chi connectivity index (χ2n) is 2.09. The number of hydrogen-bond acceptors (Lipinski definition) is 1. The van der Waals surface area contributed by atoms with Crippen molar-refractivity contribution in [2.75, 3.05) is 0 Å². The Hall–Kier alpha value is 0.230. The average molecular weight is 134 g/mol. The molecule has 0 aliphatic carbocycles. The Balaban J connectivity index is 3.21. The van der Waals surface area contributed by atoms with Gasteiger partial charge in [-0.05, 0) is 12.8 Å². The summed E-state index contributed by atoms with van der Waals surface area (Å²) in [6.45, 7) is 4.24. The van der Waals surface area contributed by atoms with Crippen molar-refractivity contribution in [1.29, 1.82) is 0 Å². The van der Waals surface area contributed by atoms with Crippen LogP contribution in [0.15, 0.2) is 0 Å². The SMILES string of the molecule is CCCC(CC)[PH2]=O. The maximum absolute atomic E-state index is 10.3. The number of hydrogen-bond donors (Lipinski definition) is 0. The molecule has 2 heteroatoms. The van der Waals surface area contributed by atoms with Crippen molar-refractivity contribution in [1.82, 2.24) is 0 Å². The lowest BCUT2D eigenvalue weighted by atomic mass is 10.2. The van der Waals surface area contributed by atoms with Crippen LogP contribution >= 0.6 is 8.46 Å². The molecule has 2 atom stereocenters. The van der Waals surface area contributed by atoms with Gasteiger partial charge in [0, 0.05) is 5.66 Å². The third-order valence-corrected chi connectivity index (χ3v) is 2.57. The fourth-order valence-electron chi connectivity index (χ4n) is 0.739. The molecular weight excluding hydrogens is 119 g/mol. The Morgan fingerprint density at radius 2 is 2.12 bits per heavy atom. The molecule has 1 nitrogen and oxygen atoms in total. The molecule has 0 aromatic carbocycles. The van der Waals surface area contributed by atoms with Gasteiger partial charge in [-0.25, -0.2) is 0 Å². The van der Waals surface area contributed by atoms with E-state index in [0.29, 0.717) is 5.66 Å². The Kier molecular flexibility index (Phi) is 5.52. The highest BCUT2D eigenvalue weighted by Gasteiger charge is 1.98. The third-order valence-electron chi connectivity index (χ3n) is 1.38. The molecule has 0 heterocycles. The van der Waals surface area contributed by atoms with Crippen molar-refractivity contribution in [2.24, 2.45) is 0 Å². The predicted molar refractivity (Wildman–Crippen MR) is 39.4 cm³/mol. The molecule has 0 saturated heterocycles. The summed E-state index contributed by atoms with van der Waals surface area (Å²) in [4.78, 5) is 0. The lowest BCUT2D eigenvalue weighted by molar-refractivity contribution is 0.580. The van der Waals surface area contributed by atoms with Gasteiger partial charge in [0.2, 0.25) is 0 Å². The van der Waals surface area contributed by atoms with Crippen molar-refractivity contribution in [3.05, 3.63) is 0 Å². The molecule has 0 bridgehead atoms. The summed E-state index contributed by atoms with van der Waals surface area (Å²) in [5.74, 6) is 0. The first kappa shape index (κ1) is 8.23. The van der Waals surface area contributed by atoms with E-state index in [1.165, 1.54) is 6.42 Å². The van der Waals surface area contributed by atoms with Gasteiger partial charge in [-0.1, -0.05) is 20.3 Å². The summed E-state index contributed by atoms with van der Waals surface area (Å²) >= 11 is 0. The normalized spacial score (nSPS) is 15.2. The Morgan fingerprint density at radius 3 is 2.25 bits per heavy atom. The van der Waals surface area contributed by atoms with Crippen LogP contribution in [0.5, 0.6) is 0 Å². The molecule has 2 unspecified atom stereocenters. The van der Waals surface area contributed by atoms with Crippen LogP contribution in [0, 0.1) is 0 Å². The smallest absolute Gasteiger partial charge is 0.0674 e. The number of rotatable bonds is 4. The van der Waals surface area contributed by atoms with Gasteiger partial charge in [0.25, 0.3) is 0 Å². The average Bonchev–Trinajstić information content (AvgIpc) is 1.83. The van der Waals surface area contributed by atoms with Crippen molar-refractivity contribution < 1.29 is 4.57 Å². The van der Waals surface area contributed by atoms with Gasteiger partial charge in [-0.2, -0.15) is 0 Å². The Labute approximate surface area is 52.7 Å². The van der Waals surface area contributed by atoms with E-state index in [1.54, 1.807) is 0 Å². The van der Waals surface area contributed by atoms with E-state index in [0.717, 1.165) is 12.8 Å². The molecule has 0 aliphatic heterocycles. The maximum Gasteiger partial charge on any atom is 0.0674 e. The first-order valence-electron chi connectivity index (χ1n) is 3.30. The molecule has 0 fully saturated rings. The van der Waals surface area contributed by atoms with Crippen LogP contribution in [0.25, 0.3) is 0 Å². The topological polar surface area (TPSA) is 17.1 Å². The fraction of sp³-hybridized carbons (Fsp3) is 1.00. The summed E-state index contributed by atoms with van der Waals surface area (Å²) in [6, 6.07) is 0. The molecule has 0 spiro atoms. The van der Waals surface area contributed by atoms with E-state index in [1.807, 2.05) is 0 Å². The zero-order chi connectivity index (χ0) is 6.41. The molecule has 0 saturated carbocycles. The van der Waals surface area contributed by atoms with E-state index in [4.69, 9.17) is 0 Å². The molecule has 0 N–H and O–H groups in total. The summed E-state index contributed by atoms with van der Waals surface area (Å²) in [5, 5.41) is 0. The van der Waals surface area contributed by atoms with Gasteiger partial charge in [-0.3, -0.25) is 0 Å². The molecule has 0 radical (unpaired) electrons. The van der Waals surface area contributed by atoms with Crippen LogP contribution in [0.2, 0.25) is 0 Å². The second-order valence-corrected chi connectivity index (χ2v) is 3.31. The first-order valence-corrected chi connectivity index (χ1v) is 4.44. The minimum absolute atomic E-state index is 0.514. The van der Waals surface area contributed by atoms with Crippen molar-refractivity contribution in [2.45, 2.75) is 38.8 Å². The van der Waals surface area contributed by atoms with Gasteiger partial charge in [0.1, 0.15) is 0 Å². The standard InChI is InChI=1S/C6H15OP/c1-3-5-6(4-2)8-7/h6H,3-5,8H2,1-2H3. The fourth-order valence-corrected chi connectivity index (χ4v) is 1.40. The molecule has 0 amide bonds. The summed E-state index contributed by atoms with van der Waals surface area (Å²) in [7, 11) is -0.514. The van der Waals surface area contributed by atoms with E-state index in [9.17, 15) is 4.57 Å². The Morgan fingerprint density at radius 1 is 1.50 bits per heavy atom. The first-order chi connectivity index (χ1) is 3.85. The highest BCUT2D eigenvalue weighted by atomic mass is 31.1. The Bertz CT molecular complexity index is 63.5. The minimum Gasteiger partial charge on any atom is -0.330 e. The van der Waals surface area contributed by atoms with Gasteiger partial charge >= 0.3 is 0 Å².